The molecule has 5 aromatic carbocycles. The van der Waals surface area contributed by atoms with Crippen LogP contribution < -0.4 is 30.4 Å². The fourth-order valence-corrected chi connectivity index (χ4v) is 9.58. The number of phenols is 1. The van der Waals surface area contributed by atoms with E-state index in [1.54, 1.807) is 43.6 Å². The first kappa shape index (κ1) is 55.2. The number of primary sulfonamides is 2. The van der Waals surface area contributed by atoms with Gasteiger partial charge in [-0.2, -0.15) is 0 Å². The van der Waals surface area contributed by atoms with E-state index in [9.17, 15) is 21.9 Å². The second kappa shape index (κ2) is 26.8. The zero-order valence-electron chi connectivity index (χ0n) is 38.7. The first-order valence-electron chi connectivity index (χ1n) is 20.7. The van der Waals surface area contributed by atoms with Crippen molar-refractivity contribution in [2.75, 3.05) is 77.6 Å². The summed E-state index contributed by atoms with van der Waals surface area (Å²) in [6, 6.07) is 32.1. The van der Waals surface area contributed by atoms with Gasteiger partial charge >= 0.3 is 0 Å². The number of thioether (sulfide) groups is 2. The summed E-state index contributed by atoms with van der Waals surface area (Å²) >= 11 is 9.40. The number of aryl methyl sites for hydroxylation is 3. The van der Waals surface area contributed by atoms with Crippen LogP contribution in [0.2, 0.25) is 5.02 Å². The molecule has 65 heavy (non-hydrogen) atoms. The van der Waals surface area contributed by atoms with E-state index in [1.807, 2.05) is 96.6 Å². The Morgan fingerprint density at radius 3 is 1.45 bits per heavy atom. The maximum atomic E-state index is 11.7. The molecule has 0 aromatic heterocycles. The Hall–Kier alpha value is -4.17. The molecule has 0 fully saturated rings. The largest absolute Gasteiger partial charge is 0.506 e. The molecule has 2 unspecified atom stereocenters. The fourth-order valence-electron chi connectivity index (χ4n) is 6.16. The zero-order valence-corrected chi connectivity index (χ0v) is 42.7. The minimum Gasteiger partial charge on any atom is -0.506 e. The van der Waals surface area contributed by atoms with Crippen LogP contribution >= 0.6 is 35.1 Å². The van der Waals surface area contributed by atoms with Crippen LogP contribution in [-0.2, 0) is 20.0 Å². The molecule has 0 saturated carbocycles. The van der Waals surface area contributed by atoms with Crippen molar-refractivity contribution < 1.29 is 31.4 Å². The van der Waals surface area contributed by atoms with Crippen molar-refractivity contribution in [2.24, 2.45) is 10.3 Å². The summed E-state index contributed by atoms with van der Waals surface area (Å²) in [7, 11) is 3.63. The number of hydrogen-bond donors (Lipinski definition) is 5. The monoisotopic (exact) mass is 988 g/mol. The van der Waals surface area contributed by atoms with Gasteiger partial charge in [-0.25, -0.2) is 27.1 Å². The Kier molecular flexibility index (Phi) is 22.8. The van der Waals surface area contributed by atoms with Crippen LogP contribution in [0.25, 0.3) is 0 Å². The second-order valence-corrected chi connectivity index (χ2v) is 21.4. The molecule has 0 amide bonds. The summed E-state index contributed by atoms with van der Waals surface area (Å²) in [5.74, 6) is 2.79. The molecule has 18 heteroatoms. The predicted octanol–water partition coefficient (Wildman–Crippen LogP) is 8.71. The maximum absolute atomic E-state index is 11.7. The van der Waals surface area contributed by atoms with Crippen molar-refractivity contribution >= 4 is 66.5 Å². The highest BCUT2D eigenvalue weighted by Gasteiger charge is 2.20. The number of hydrogen-bond acceptors (Lipinski definition) is 13. The lowest BCUT2D eigenvalue weighted by Gasteiger charge is -2.24. The molecule has 0 bridgehead atoms. The van der Waals surface area contributed by atoms with Crippen LogP contribution in [0.1, 0.15) is 29.5 Å². The zero-order chi connectivity index (χ0) is 48.3. The number of sulfonamides is 2. The van der Waals surface area contributed by atoms with E-state index in [2.05, 4.69) is 44.7 Å². The van der Waals surface area contributed by atoms with Gasteiger partial charge in [0.15, 0.2) is 0 Å². The van der Waals surface area contributed by atoms with E-state index in [0.29, 0.717) is 22.0 Å². The van der Waals surface area contributed by atoms with E-state index in [1.165, 1.54) is 35.1 Å². The number of halogens is 1. The van der Waals surface area contributed by atoms with Gasteiger partial charge in [-0.3, -0.25) is 0 Å². The molecular weight excluding hydrogens is 924 g/mol. The number of aromatic hydroxyl groups is 1. The quantitative estimate of drug-likeness (QED) is 0.0368. The number of rotatable bonds is 20. The third kappa shape index (κ3) is 19.3. The maximum Gasteiger partial charge on any atom is 0.238 e. The summed E-state index contributed by atoms with van der Waals surface area (Å²) in [5, 5.41) is 28.4. The number of phenolic OH excluding ortho intramolecular Hbond substituents is 1. The molecule has 0 aliphatic carbocycles. The van der Waals surface area contributed by atoms with Crippen molar-refractivity contribution in [3.05, 3.63) is 125 Å². The minimum absolute atomic E-state index is 0.0518. The van der Waals surface area contributed by atoms with Crippen LogP contribution in [0.5, 0.6) is 17.2 Å². The lowest BCUT2D eigenvalue weighted by molar-refractivity contribution is 0.390. The highest BCUT2D eigenvalue weighted by molar-refractivity contribution is 7.99. The summed E-state index contributed by atoms with van der Waals surface area (Å²) in [6.45, 7) is 7.38. The molecule has 0 saturated heterocycles. The lowest BCUT2D eigenvalue weighted by atomic mass is 10.1. The Morgan fingerprint density at radius 1 is 0.615 bits per heavy atom. The lowest BCUT2D eigenvalue weighted by Crippen LogP contribution is -2.28. The number of benzene rings is 5. The standard InChI is InChI=1S/C20H29N3O3S2.C19H27N3O3S2.C8H9ClO/c1-15-12-18(28(21,24)25)13-19(26-4)20(15)22-16(10-11-23(2)3)14-27-17-8-6-5-7-9-17;1-14-11-17(27(20,24)25)12-18(23)19(14)21-15(9-10-22(2)3)13-26-16-7-5-4-6-8-16;1-6-4-3-5-7(10-2)8(6)9/h5-9,12-13,16,22H,10-11,14H2,1-4H3,(H2,21,24,25);4-8,11-12,15,21,23H,9-10,13H2,1-3H3,(H2,20,24,25);3-5H,1-2H3. The van der Waals surface area contributed by atoms with Crippen molar-refractivity contribution in [1.29, 1.82) is 0 Å². The smallest absolute Gasteiger partial charge is 0.238 e. The molecule has 356 valence electrons. The predicted molar refractivity (Wildman–Crippen MR) is 272 cm³/mol. The Balaban J connectivity index is 0.000000285. The summed E-state index contributed by atoms with van der Waals surface area (Å²) in [4.78, 5) is 6.61. The highest BCUT2D eigenvalue weighted by Crippen LogP contribution is 2.34. The number of ether oxygens (including phenoxy) is 2. The molecule has 0 radical (unpaired) electrons. The SMILES string of the molecule is COc1cc(S(N)(=O)=O)cc(C)c1NC(CCN(C)C)CSc1ccccc1.COc1cccc(C)c1Cl.Cc1cc(S(N)(=O)=O)cc(O)c1NC(CCN(C)C)CSc1ccccc1. The first-order valence-corrected chi connectivity index (χ1v) is 26.1. The van der Waals surface area contributed by atoms with E-state index in [-0.39, 0.29) is 27.6 Å². The van der Waals surface area contributed by atoms with E-state index >= 15 is 0 Å². The molecule has 5 aromatic rings. The normalized spacial score (nSPS) is 12.3. The van der Waals surface area contributed by atoms with Gasteiger partial charge in [0.05, 0.1) is 40.4 Å². The summed E-state index contributed by atoms with van der Waals surface area (Å²) in [6.07, 6.45) is 1.81. The Labute approximate surface area is 400 Å². The first-order chi connectivity index (χ1) is 30.6. The van der Waals surface area contributed by atoms with Gasteiger partial charge in [0.25, 0.3) is 0 Å². The minimum atomic E-state index is -3.86. The molecule has 7 N–H and O–H groups in total. The number of nitrogens with zero attached hydrogens (tertiary/aromatic N) is 2. The van der Waals surface area contributed by atoms with Crippen molar-refractivity contribution in [1.82, 2.24) is 9.80 Å². The highest BCUT2D eigenvalue weighted by atomic mass is 35.5. The number of nitrogens with two attached hydrogens (primary N) is 2. The fraction of sp³-hybridized carbons (Fsp3) is 0.362. The average molecular weight is 990 g/mol. The number of methoxy groups -OCH3 is 2. The molecule has 2 atom stereocenters. The molecule has 0 aliphatic rings. The summed E-state index contributed by atoms with van der Waals surface area (Å²) in [5.41, 5.74) is 3.80. The van der Waals surface area contributed by atoms with Gasteiger partial charge in [-0.1, -0.05) is 60.1 Å². The topological polar surface area (TPSA) is 190 Å². The van der Waals surface area contributed by atoms with E-state index < -0.39 is 20.0 Å². The molecule has 0 heterocycles. The third-order valence-corrected chi connectivity index (χ3v) is 14.4. The van der Waals surface area contributed by atoms with Crippen LogP contribution in [0.3, 0.4) is 0 Å². The van der Waals surface area contributed by atoms with Gasteiger partial charge in [-0.05, 0) is 134 Å². The van der Waals surface area contributed by atoms with Crippen molar-refractivity contribution in [3.63, 3.8) is 0 Å². The molecule has 0 spiro atoms. The van der Waals surface area contributed by atoms with Crippen molar-refractivity contribution in [2.45, 2.75) is 65.3 Å². The van der Waals surface area contributed by atoms with Gasteiger partial charge < -0.3 is 35.0 Å². The average Bonchev–Trinajstić information content (AvgIpc) is 3.25. The van der Waals surface area contributed by atoms with Crippen molar-refractivity contribution in [3.8, 4) is 17.2 Å². The third-order valence-electron chi connectivity index (χ3n) is 9.75. The molecular formula is C47H65ClN6O7S4. The van der Waals surface area contributed by atoms with Gasteiger partial charge in [-0.15, -0.1) is 23.5 Å². The van der Waals surface area contributed by atoms with Crippen LogP contribution in [0.15, 0.2) is 123 Å². The number of anilines is 2. The Morgan fingerprint density at radius 2 is 1.05 bits per heavy atom. The summed E-state index contributed by atoms with van der Waals surface area (Å²) < 4.78 is 57.0. The molecule has 13 nitrogen and oxygen atoms in total. The van der Waals surface area contributed by atoms with Gasteiger partial charge in [0.2, 0.25) is 20.0 Å². The van der Waals surface area contributed by atoms with Crippen LogP contribution in [0.4, 0.5) is 11.4 Å². The number of nitrogens with one attached hydrogen (secondary N) is 2. The van der Waals surface area contributed by atoms with E-state index in [0.717, 1.165) is 60.0 Å². The van der Waals surface area contributed by atoms with E-state index in [4.69, 9.17) is 31.4 Å². The van der Waals surface area contributed by atoms with Crippen LogP contribution in [-0.4, -0.2) is 111 Å². The molecule has 5 rings (SSSR count). The second-order valence-electron chi connectivity index (χ2n) is 15.7. The van der Waals surface area contributed by atoms with Gasteiger partial charge in [0, 0.05) is 45.5 Å². The van der Waals surface area contributed by atoms with Gasteiger partial charge in [0.1, 0.15) is 17.2 Å². The molecule has 0 aliphatic heterocycles. The van der Waals surface area contributed by atoms with Crippen LogP contribution in [0, 0.1) is 20.8 Å². The Bertz CT molecular complexity index is 2440.